The zero-order valence-electron chi connectivity index (χ0n) is 12.9. The molecule has 1 atom stereocenters. The minimum Gasteiger partial charge on any atom is -0.309 e. The van der Waals surface area contributed by atoms with Gasteiger partial charge in [-0.05, 0) is 42.6 Å². The van der Waals surface area contributed by atoms with Crippen molar-refractivity contribution in [2.24, 2.45) is 0 Å². The van der Waals surface area contributed by atoms with Crippen LogP contribution in [0.2, 0.25) is 0 Å². The van der Waals surface area contributed by atoms with Crippen molar-refractivity contribution in [2.75, 3.05) is 7.05 Å². The van der Waals surface area contributed by atoms with Crippen LogP contribution in [-0.4, -0.2) is 7.05 Å². The van der Waals surface area contributed by atoms with Crippen molar-refractivity contribution in [3.63, 3.8) is 0 Å². The third kappa shape index (κ3) is 3.13. The molecule has 0 saturated heterocycles. The zero-order valence-corrected chi connectivity index (χ0v) is 12.9. The van der Waals surface area contributed by atoms with Crippen LogP contribution in [-0.2, 0) is 0 Å². The Balaban J connectivity index is 2.47. The van der Waals surface area contributed by atoms with Gasteiger partial charge in [-0.2, -0.15) is 0 Å². The molecule has 2 aromatic rings. The van der Waals surface area contributed by atoms with Gasteiger partial charge in [0, 0.05) is 5.56 Å². The Hall–Kier alpha value is -1.74. The molecule has 3 heteroatoms. The summed E-state index contributed by atoms with van der Waals surface area (Å²) in [6, 6.07) is 10.2. The van der Waals surface area contributed by atoms with Gasteiger partial charge in [-0.25, -0.2) is 8.78 Å². The summed E-state index contributed by atoms with van der Waals surface area (Å²) in [6.07, 6.45) is 0. The molecule has 0 heterocycles. The average molecular weight is 289 g/mol. The van der Waals surface area contributed by atoms with E-state index in [0.717, 1.165) is 5.56 Å². The minimum atomic E-state index is -0.523. The molecule has 0 saturated carbocycles. The smallest absolute Gasteiger partial charge is 0.134 e. The topological polar surface area (TPSA) is 12.0 Å². The van der Waals surface area contributed by atoms with E-state index < -0.39 is 17.7 Å². The summed E-state index contributed by atoms with van der Waals surface area (Å²) in [5, 5.41) is 3.01. The second kappa shape index (κ2) is 6.35. The molecule has 0 fully saturated rings. The van der Waals surface area contributed by atoms with Crippen molar-refractivity contribution in [3.8, 4) is 0 Å². The van der Waals surface area contributed by atoms with Gasteiger partial charge in [0.25, 0.3) is 0 Å². The van der Waals surface area contributed by atoms with Crippen molar-refractivity contribution in [1.29, 1.82) is 0 Å². The highest BCUT2D eigenvalue weighted by Crippen LogP contribution is 2.29. The summed E-state index contributed by atoms with van der Waals surface area (Å²) < 4.78 is 28.4. The van der Waals surface area contributed by atoms with Crippen LogP contribution in [0.3, 0.4) is 0 Å². The van der Waals surface area contributed by atoms with Crippen LogP contribution in [0.5, 0.6) is 0 Å². The van der Waals surface area contributed by atoms with Crippen molar-refractivity contribution in [2.45, 2.75) is 32.7 Å². The molecule has 1 N–H and O–H groups in total. The lowest BCUT2D eigenvalue weighted by Gasteiger charge is -2.20. The van der Waals surface area contributed by atoms with E-state index in [9.17, 15) is 8.78 Å². The number of hydrogen-bond acceptors (Lipinski definition) is 1. The van der Waals surface area contributed by atoms with E-state index in [0.29, 0.717) is 11.5 Å². The van der Waals surface area contributed by atoms with E-state index in [1.165, 1.54) is 17.7 Å². The molecular weight excluding hydrogens is 268 g/mol. The van der Waals surface area contributed by atoms with Crippen molar-refractivity contribution in [1.82, 2.24) is 5.32 Å². The van der Waals surface area contributed by atoms with Crippen LogP contribution in [0, 0.1) is 18.6 Å². The minimum absolute atomic E-state index is 0.0785. The average Bonchev–Trinajstić information content (AvgIpc) is 2.48. The summed E-state index contributed by atoms with van der Waals surface area (Å²) in [6.45, 7) is 5.88. The molecule has 1 unspecified atom stereocenters. The highest BCUT2D eigenvalue weighted by Gasteiger charge is 2.21. The fourth-order valence-electron chi connectivity index (χ4n) is 2.49. The number of aryl methyl sites for hydroxylation is 1. The number of halogens is 2. The van der Waals surface area contributed by atoms with Gasteiger partial charge >= 0.3 is 0 Å². The first-order valence-electron chi connectivity index (χ1n) is 7.17. The Bertz CT molecular complexity index is 618. The zero-order chi connectivity index (χ0) is 15.6. The summed E-state index contributed by atoms with van der Waals surface area (Å²) >= 11 is 0. The number of benzene rings is 2. The van der Waals surface area contributed by atoms with E-state index >= 15 is 0 Å². The molecule has 0 aliphatic rings. The van der Waals surface area contributed by atoms with Gasteiger partial charge in [-0.15, -0.1) is 0 Å². The molecule has 1 nitrogen and oxygen atoms in total. The second-order valence-corrected chi connectivity index (χ2v) is 5.63. The van der Waals surface area contributed by atoms with Gasteiger partial charge in [-0.1, -0.05) is 44.2 Å². The van der Waals surface area contributed by atoms with Gasteiger partial charge < -0.3 is 5.32 Å². The van der Waals surface area contributed by atoms with Crippen LogP contribution in [0.25, 0.3) is 0 Å². The first-order chi connectivity index (χ1) is 9.95. The SMILES string of the molecule is CNC(c1ccc(C(C)C)cc1)c1c(F)ccc(C)c1F. The highest BCUT2D eigenvalue weighted by atomic mass is 19.1. The molecule has 2 rings (SSSR count). The Morgan fingerprint density at radius 1 is 0.905 bits per heavy atom. The Labute approximate surface area is 125 Å². The third-order valence-corrected chi connectivity index (χ3v) is 3.83. The van der Waals surface area contributed by atoms with Crippen LogP contribution in [0.1, 0.15) is 48.1 Å². The van der Waals surface area contributed by atoms with Gasteiger partial charge in [0.15, 0.2) is 0 Å². The summed E-state index contributed by atoms with van der Waals surface area (Å²) in [5.74, 6) is -0.577. The van der Waals surface area contributed by atoms with Crippen molar-refractivity contribution in [3.05, 3.63) is 70.3 Å². The fourth-order valence-corrected chi connectivity index (χ4v) is 2.49. The molecule has 0 radical (unpaired) electrons. The van der Waals surface area contributed by atoms with Crippen LogP contribution < -0.4 is 5.32 Å². The summed E-state index contributed by atoms with van der Waals surface area (Å²) in [4.78, 5) is 0. The molecule has 0 spiro atoms. The van der Waals surface area contributed by atoms with E-state index in [1.807, 2.05) is 24.3 Å². The molecular formula is C18H21F2N. The van der Waals surface area contributed by atoms with E-state index in [4.69, 9.17) is 0 Å². The number of hydrogen-bond donors (Lipinski definition) is 1. The molecule has 0 aliphatic carbocycles. The quantitative estimate of drug-likeness (QED) is 0.860. The molecule has 0 bridgehead atoms. The maximum absolute atomic E-state index is 14.3. The van der Waals surface area contributed by atoms with Crippen molar-refractivity contribution >= 4 is 0 Å². The fraction of sp³-hybridized carbons (Fsp3) is 0.333. The molecule has 2 aromatic carbocycles. The van der Waals surface area contributed by atoms with Crippen LogP contribution >= 0.6 is 0 Å². The molecule has 0 aromatic heterocycles. The second-order valence-electron chi connectivity index (χ2n) is 5.63. The van der Waals surface area contributed by atoms with E-state index in [1.54, 1.807) is 14.0 Å². The van der Waals surface area contributed by atoms with Gasteiger partial charge in [-0.3, -0.25) is 0 Å². The predicted molar refractivity (Wildman–Crippen MR) is 82.5 cm³/mol. The van der Waals surface area contributed by atoms with Gasteiger partial charge in [0.2, 0.25) is 0 Å². The Kier molecular flexibility index (Phi) is 4.73. The number of rotatable bonds is 4. The maximum atomic E-state index is 14.3. The van der Waals surface area contributed by atoms with Crippen molar-refractivity contribution < 1.29 is 8.78 Å². The standard InChI is InChI=1S/C18H21F2N/c1-11(2)13-6-8-14(9-7-13)18(21-4)16-15(19)10-5-12(3)17(16)20/h5-11,18,21H,1-4H3. The predicted octanol–water partition coefficient (Wildman–Crippen LogP) is 4.71. The van der Waals surface area contributed by atoms with E-state index in [2.05, 4.69) is 19.2 Å². The van der Waals surface area contributed by atoms with Gasteiger partial charge in [0.05, 0.1) is 6.04 Å². The Morgan fingerprint density at radius 2 is 1.48 bits per heavy atom. The van der Waals surface area contributed by atoms with E-state index in [-0.39, 0.29) is 5.56 Å². The lowest BCUT2D eigenvalue weighted by Crippen LogP contribution is -2.21. The molecule has 0 aliphatic heterocycles. The van der Waals surface area contributed by atoms with Crippen LogP contribution in [0.4, 0.5) is 8.78 Å². The lowest BCUT2D eigenvalue weighted by molar-refractivity contribution is 0.517. The normalized spacial score (nSPS) is 12.7. The molecule has 21 heavy (non-hydrogen) atoms. The first kappa shape index (κ1) is 15.6. The third-order valence-electron chi connectivity index (χ3n) is 3.83. The first-order valence-corrected chi connectivity index (χ1v) is 7.17. The highest BCUT2D eigenvalue weighted by molar-refractivity contribution is 5.37. The Morgan fingerprint density at radius 3 is 2.00 bits per heavy atom. The maximum Gasteiger partial charge on any atom is 0.134 e. The summed E-state index contributed by atoms with van der Waals surface area (Å²) in [5.41, 5.74) is 2.59. The molecule has 0 amide bonds. The number of nitrogens with one attached hydrogen (secondary N) is 1. The molecule has 112 valence electrons. The largest absolute Gasteiger partial charge is 0.309 e. The lowest BCUT2D eigenvalue weighted by atomic mass is 9.94. The summed E-state index contributed by atoms with van der Waals surface area (Å²) in [7, 11) is 1.71. The monoisotopic (exact) mass is 289 g/mol. The van der Waals surface area contributed by atoms with Gasteiger partial charge in [0.1, 0.15) is 11.6 Å². The van der Waals surface area contributed by atoms with Crippen LogP contribution in [0.15, 0.2) is 36.4 Å².